The van der Waals surface area contributed by atoms with Gasteiger partial charge in [-0.25, -0.2) is 0 Å². The van der Waals surface area contributed by atoms with Crippen LogP contribution in [0.15, 0.2) is 0 Å². The van der Waals surface area contributed by atoms with Crippen molar-refractivity contribution in [2.24, 2.45) is 0 Å². The Bertz CT molecular complexity index is 25.7. The lowest BCUT2D eigenvalue weighted by molar-refractivity contribution is 0.886. The van der Waals surface area contributed by atoms with Gasteiger partial charge in [0.25, 0.3) is 0 Å². The fourth-order valence-corrected chi connectivity index (χ4v) is 0.884. The molecule has 0 spiro atoms. The molecule has 0 atom stereocenters. The van der Waals surface area contributed by atoms with Crippen molar-refractivity contribution in [3.63, 3.8) is 0 Å². The highest BCUT2D eigenvalue weighted by molar-refractivity contribution is 4.51. The number of rotatable bonds is 1. The molecule has 0 unspecified atom stereocenters. The maximum Gasteiger partial charge on any atom is -0.0420 e. The summed E-state index contributed by atoms with van der Waals surface area (Å²) in [6.07, 6.45) is 10.8. The molecule has 1 fully saturated rings. The van der Waals surface area contributed by atoms with E-state index in [0.717, 1.165) is 0 Å². The lowest BCUT2D eigenvalue weighted by Crippen LogP contribution is -1.50. The van der Waals surface area contributed by atoms with Gasteiger partial charge in [-0.2, -0.15) is 0 Å². The van der Waals surface area contributed by atoms with Crippen LogP contribution in [0.1, 0.15) is 52.4 Å². The minimum absolute atomic E-state index is 1.19. The van der Waals surface area contributed by atoms with Crippen molar-refractivity contribution >= 4 is 0 Å². The average Bonchev–Trinajstić information content (AvgIpc) is 2.43. The van der Waals surface area contributed by atoms with E-state index in [-0.39, 0.29) is 0 Å². The van der Waals surface area contributed by atoms with Crippen molar-refractivity contribution in [3.8, 4) is 0 Å². The van der Waals surface area contributed by atoms with Gasteiger partial charge >= 0.3 is 0 Å². The Morgan fingerprint density at radius 3 is 1.33 bits per heavy atom. The first-order valence-electron chi connectivity index (χ1n) is 4.19. The molecular formula is C9H19. The Morgan fingerprint density at radius 2 is 1.22 bits per heavy atom. The van der Waals surface area contributed by atoms with Crippen molar-refractivity contribution in [1.82, 2.24) is 0 Å². The second kappa shape index (κ2) is 8.00. The van der Waals surface area contributed by atoms with E-state index < -0.39 is 0 Å². The molecule has 1 aliphatic carbocycles. The minimum Gasteiger partial charge on any atom is -0.0651 e. The second-order valence-corrected chi connectivity index (χ2v) is 2.58. The Labute approximate surface area is 59.7 Å². The molecule has 0 nitrogen and oxygen atoms in total. The summed E-state index contributed by atoms with van der Waals surface area (Å²) in [6.45, 7) is 4.18. The van der Waals surface area contributed by atoms with Gasteiger partial charge in [0, 0.05) is 0 Å². The van der Waals surface area contributed by atoms with E-state index in [9.17, 15) is 0 Å². The van der Waals surface area contributed by atoms with Crippen LogP contribution in [0.4, 0.5) is 0 Å². The SMILES string of the molecule is C1CCCC1.C[CH]CC. The minimum atomic E-state index is 1.19. The molecule has 9 heavy (non-hydrogen) atoms. The highest BCUT2D eigenvalue weighted by Crippen LogP contribution is 2.15. The van der Waals surface area contributed by atoms with Gasteiger partial charge in [-0.3, -0.25) is 0 Å². The Morgan fingerprint density at radius 1 is 1.00 bits per heavy atom. The summed E-state index contributed by atoms with van der Waals surface area (Å²) in [5, 5.41) is 0. The van der Waals surface area contributed by atoms with Crippen LogP contribution >= 0.6 is 0 Å². The predicted molar refractivity (Wildman–Crippen MR) is 43.4 cm³/mol. The summed E-state index contributed by atoms with van der Waals surface area (Å²) in [5.74, 6) is 0. The van der Waals surface area contributed by atoms with Gasteiger partial charge < -0.3 is 0 Å². The highest BCUT2D eigenvalue weighted by atomic mass is 14.0. The molecule has 0 heterocycles. The molecule has 55 valence electrons. The molecule has 0 saturated heterocycles. The summed E-state index contributed by atoms with van der Waals surface area (Å²) in [4.78, 5) is 0. The fourth-order valence-electron chi connectivity index (χ4n) is 0.884. The molecule has 1 rings (SSSR count). The molecule has 1 radical (unpaired) electrons. The normalized spacial score (nSPS) is 16.7. The first kappa shape index (κ1) is 9.00. The molecule has 0 aromatic heterocycles. The van der Waals surface area contributed by atoms with E-state index in [2.05, 4.69) is 20.3 Å². The van der Waals surface area contributed by atoms with Crippen molar-refractivity contribution in [2.75, 3.05) is 0 Å². The third-order valence-corrected chi connectivity index (χ3v) is 1.66. The van der Waals surface area contributed by atoms with E-state index in [1.165, 1.54) is 38.5 Å². The van der Waals surface area contributed by atoms with E-state index >= 15 is 0 Å². The van der Waals surface area contributed by atoms with Gasteiger partial charge in [0.2, 0.25) is 0 Å². The first-order valence-corrected chi connectivity index (χ1v) is 4.19. The molecule has 1 saturated carbocycles. The van der Waals surface area contributed by atoms with E-state index in [1.54, 1.807) is 0 Å². The summed E-state index contributed by atoms with van der Waals surface area (Å²) < 4.78 is 0. The number of hydrogen-bond donors (Lipinski definition) is 0. The largest absolute Gasteiger partial charge is 0.0651 e. The smallest absolute Gasteiger partial charge is 0.0420 e. The van der Waals surface area contributed by atoms with E-state index in [4.69, 9.17) is 0 Å². The van der Waals surface area contributed by atoms with Crippen LogP contribution in [0.3, 0.4) is 0 Å². The first-order chi connectivity index (χ1) is 4.41. The monoisotopic (exact) mass is 127 g/mol. The Kier molecular flexibility index (Phi) is 8.00. The molecule has 0 N–H and O–H groups in total. The van der Waals surface area contributed by atoms with E-state index in [1.807, 2.05) is 0 Å². The molecule has 1 aliphatic rings. The fraction of sp³-hybridized carbons (Fsp3) is 0.889. The Balaban J connectivity index is 0.000000148. The van der Waals surface area contributed by atoms with Crippen LogP contribution in [0.25, 0.3) is 0 Å². The average molecular weight is 127 g/mol. The molecule has 0 aliphatic heterocycles. The van der Waals surface area contributed by atoms with E-state index in [0.29, 0.717) is 0 Å². The van der Waals surface area contributed by atoms with Crippen molar-refractivity contribution in [3.05, 3.63) is 6.42 Å². The highest BCUT2D eigenvalue weighted by Gasteiger charge is 1.95. The summed E-state index contributed by atoms with van der Waals surface area (Å²) >= 11 is 0. The van der Waals surface area contributed by atoms with Crippen LogP contribution in [0, 0.1) is 6.42 Å². The molecule has 0 aromatic rings. The molecule has 0 bridgehead atoms. The molecule has 0 amide bonds. The zero-order chi connectivity index (χ0) is 6.95. The van der Waals surface area contributed by atoms with Gasteiger partial charge in [-0.1, -0.05) is 52.4 Å². The number of hydrogen-bond acceptors (Lipinski definition) is 0. The standard InChI is InChI=1S/C5H10.C4H9/c1-2-4-5-3-1;1-3-4-2/h1-5H2;3H,4H2,1-2H3. The van der Waals surface area contributed by atoms with Crippen molar-refractivity contribution in [1.29, 1.82) is 0 Å². The number of unbranched alkanes of at least 4 members (excludes halogenated alkanes) is 1. The molecular weight excluding hydrogens is 108 g/mol. The van der Waals surface area contributed by atoms with Crippen LogP contribution in [-0.2, 0) is 0 Å². The maximum atomic E-state index is 2.12. The molecule has 0 aromatic carbocycles. The van der Waals surface area contributed by atoms with Gasteiger partial charge in [-0.15, -0.1) is 0 Å². The van der Waals surface area contributed by atoms with Crippen LogP contribution in [0.2, 0.25) is 0 Å². The molecule has 0 heteroatoms. The lowest BCUT2D eigenvalue weighted by atomic mass is 10.4. The quantitative estimate of drug-likeness (QED) is 0.505. The zero-order valence-corrected chi connectivity index (χ0v) is 6.82. The maximum absolute atomic E-state index is 2.12. The van der Waals surface area contributed by atoms with Crippen molar-refractivity contribution in [2.45, 2.75) is 52.4 Å². The van der Waals surface area contributed by atoms with Crippen LogP contribution in [0.5, 0.6) is 0 Å². The van der Waals surface area contributed by atoms with Crippen LogP contribution in [-0.4, -0.2) is 0 Å². The van der Waals surface area contributed by atoms with Crippen LogP contribution < -0.4 is 0 Å². The zero-order valence-electron chi connectivity index (χ0n) is 6.82. The van der Waals surface area contributed by atoms with Gasteiger partial charge in [0.05, 0.1) is 0 Å². The second-order valence-electron chi connectivity index (χ2n) is 2.58. The summed E-state index contributed by atoms with van der Waals surface area (Å²) in [5.41, 5.74) is 0. The summed E-state index contributed by atoms with van der Waals surface area (Å²) in [7, 11) is 0. The third-order valence-electron chi connectivity index (χ3n) is 1.66. The van der Waals surface area contributed by atoms with Gasteiger partial charge in [0.15, 0.2) is 0 Å². The topological polar surface area (TPSA) is 0 Å². The summed E-state index contributed by atoms with van der Waals surface area (Å²) in [6, 6.07) is 0. The van der Waals surface area contributed by atoms with Gasteiger partial charge in [0.1, 0.15) is 0 Å². The lowest BCUT2D eigenvalue weighted by Gasteiger charge is -1.67. The van der Waals surface area contributed by atoms with Gasteiger partial charge in [-0.05, 0) is 6.42 Å². The predicted octanol–water partition coefficient (Wildman–Crippen LogP) is 3.57. The third kappa shape index (κ3) is 8.00. The van der Waals surface area contributed by atoms with Crippen molar-refractivity contribution < 1.29 is 0 Å². The Hall–Kier alpha value is 0.